The first-order valence-electron chi connectivity index (χ1n) is 10.3. The van der Waals surface area contributed by atoms with E-state index >= 15 is 0 Å². The number of carbonyl (C=O) groups excluding carboxylic acids is 3. The van der Waals surface area contributed by atoms with Gasteiger partial charge in [-0.1, -0.05) is 12.1 Å². The quantitative estimate of drug-likeness (QED) is 0.370. The number of rotatable bonds is 4. The van der Waals surface area contributed by atoms with Gasteiger partial charge in [0.15, 0.2) is 9.84 Å². The van der Waals surface area contributed by atoms with Crippen LogP contribution in [0.3, 0.4) is 0 Å². The summed E-state index contributed by atoms with van der Waals surface area (Å²) in [5, 5.41) is 9.53. The minimum atomic E-state index is -3.36. The van der Waals surface area contributed by atoms with E-state index in [4.69, 9.17) is 4.42 Å². The maximum atomic E-state index is 13.2. The Kier molecular flexibility index (Phi) is 5.98. The van der Waals surface area contributed by atoms with Gasteiger partial charge in [0.2, 0.25) is 0 Å². The molecule has 1 saturated heterocycles. The number of carbonyl (C=O) groups is 3. The molecular formula is C24H20N2O7S. The van der Waals surface area contributed by atoms with Gasteiger partial charge >= 0.3 is 5.97 Å². The van der Waals surface area contributed by atoms with Gasteiger partial charge in [0.25, 0.3) is 11.8 Å². The molecule has 0 bridgehead atoms. The number of sulfone groups is 1. The second-order valence-corrected chi connectivity index (χ2v) is 10.2. The summed E-state index contributed by atoms with van der Waals surface area (Å²) in [5.41, 5.74) is 1.15. The van der Waals surface area contributed by atoms with Crippen molar-refractivity contribution in [2.24, 2.45) is 0 Å². The molecule has 3 heterocycles. The first-order chi connectivity index (χ1) is 16.1. The van der Waals surface area contributed by atoms with Crippen molar-refractivity contribution in [1.82, 2.24) is 4.90 Å². The van der Waals surface area contributed by atoms with E-state index in [1.807, 2.05) is 6.07 Å². The number of furan rings is 1. The summed E-state index contributed by atoms with van der Waals surface area (Å²) >= 11 is 0. The maximum absolute atomic E-state index is 13.2. The van der Waals surface area contributed by atoms with E-state index in [9.17, 15) is 28.1 Å². The molecular weight excluding hydrogens is 460 g/mol. The summed E-state index contributed by atoms with van der Waals surface area (Å²) in [6.07, 6.45) is 1.57. The Morgan fingerprint density at radius 3 is 2.47 bits per heavy atom. The first-order valence-corrected chi connectivity index (χ1v) is 12.2. The average Bonchev–Trinajstić information content (AvgIpc) is 3.42. The Morgan fingerprint density at radius 2 is 1.88 bits per heavy atom. The fourth-order valence-electron chi connectivity index (χ4n) is 4.03. The molecule has 2 amide bonds. The lowest BCUT2D eigenvalue weighted by atomic mass is 9.93. The van der Waals surface area contributed by atoms with E-state index < -0.39 is 33.7 Å². The zero-order chi connectivity index (χ0) is 24.6. The molecule has 34 heavy (non-hydrogen) atoms. The monoisotopic (exact) mass is 480 g/mol. The van der Waals surface area contributed by atoms with E-state index in [0.29, 0.717) is 22.6 Å². The lowest BCUT2D eigenvalue weighted by molar-refractivity contribution is -0.142. The number of imide groups is 1. The van der Waals surface area contributed by atoms with Gasteiger partial charge in [-0.15, -0.1) is 0 Å². The molecule has 1 atom stereocenters. The highest BCUT2D eigenvalue weighted by atomic mass is 32.2. The number of amides is 2. The number of ether oxygens (including phenoxy) is 1. The van der Waals surface area contributed by atoms with Crippen molar-refractivity contribution in [3.05, 3.63) is 64.4 Å². The van der Waals surface area contributed by atoms with Crippen molar-refractivity contribution in [2.45, 2.75) is 19.4 Å². The van der Waals surface area contributed by atoms with Gasteiger partial charge in [-0.05, 0) is 49.3 Å². The Hall–Kier alpha value is -3.97. The van der Waals surface area contributed by atoms with Gasteiger partial charge in [-0.3, -0.25) is 14.5 Å². The van der Waals surface area contributed by atoms with Crippen molar-refractivity contribution < 1.29 is 32.0 Å². The summed E-state index contributed by atoms with van der Waals surface area (Å²) in [6, 6.07) is 10.9. The van der Waals surface area contributed by atoms with Gasteiger partial charge in [0.1, 0.15) is 23.2 Å². The molecule has 4 rings (SSSR count). The van der Waals surface area contributed by atoms with Gasteiger partial charge in [0, 0.05) is 11.1 Å². The zero-order valence-corrected chi connectivity index (χ0v) is 19.2. The molecule has 2 aromatic rings. The molecule has 9 nitrogen and oxygen atoms in total. The molecule has 0 aliphatic carbocycles. The fourth-order valence-corrected chi connectivity index (χ4v) is 5.73. The third-order valence-electron chi connectivity index (χ3n) is 5.85. The topological polar surface area (TPSA) is 135 Å². The normalized spacial score (nSPS) is 21.1. The number of nitrogens with zero attached hydrogens (tertiary/aromatic N) is 2. The van der Waals surface area contributed by atoms with Crippen LogP contribution < -0.4 is 0 Å². The largest absolute Gasteiger partial charge is 0.465 e. The van der Waals surface area contributed by atoms with E-state index in [-0.39, 0.29) is 34.6 Å². The van der Waals surface area contributed by atoms with E-state index in [0.717, 1.165) is 4.90 Å². The molecule has 174 valence electrons. The summed E-state index contributed by atoms with van der Waals surface area (Å²) in [6.45, 7) is 1.50. The number of methoxy groups -OCH3 is 1. The number of hydrogen-bond acceptors (Lipinski definition) is 8. The fraction of sp³-hybridized carbons (Fsp3) is 0.250. The molecule has 1 aromatic heterocycles. The minimum Gasteiger partial charge on any atom is -0.465 e. The van der Waals surface area contributed by atoms with Crippen LogP contribution in [0.25, 0.3) is 17.4 Å². The van der Waals surface area contributed by atoms with Crippen LogP contribution in [-0.2, 0) is 24.2 Å². The Labute approximate surface area is 195 Å². The molecule has 1 fully saturated rings. The van der Waals surface area contributed by atoms with Crippen LogP contribution >= 0.6 is 0 Å². The molecule has 1 unspecified atom stereocenters. The highest BCUT2D eigenvalue weighted by molar-refractivity contribution is 7.91. The first kappa shape index (κ1) is 23.2. The Bertz CT molecular complexity index is 1410. The van der Waals surface area contributed by atoms with E-state index in [2.05, 4.69) is 4.74 Å². The maximum Gasteiger partial charge on any atom is 0.337 e. The summed E-state index contributed by atoms with van der Waals surface area (Å²) < 4.78 is 34.4. The average molecular weight is 480 g/mol. The SMILES string of the molecule is COC(=O)c1ccc(-c2ccc(C=C3C(=O)N(C4CCS(=O)(=O)C4)C(=O)C(C#N)=C3C)o2)cc1. The lowest BCUT2D eigenvalue weighted by Gasteiger charge is -2.31. The second kappa shape index (κ2) is 8.76. The molecule has 0 spiro atoms. The number of hydrogen-bond donors (Lipinski definition) is 0. The molecule has 0 radical (unpaired) electrons. The Morgan fingerprint density at radius 1 is 1.18 bits per heavy atom. The third-order valence-corrected chi connectivity index (χ3v) is 7.60. The van der Waals surface area contributed by atoms with Gasteiger partial charge in [-0.2, -0.15) is 5.26 Å². The summed E-state index contributed by atoms with van der Waals surface area (Å²) in [7, 11) is -2.06. The smallest absolute Gasteiger partial charge is 0.337 e. The van der Waals surface area contributed by atoms with Crippen LogP contribution in [0.15, 0.2) is 57.5 Å². The number of nitriles is 1. The van der Waals surface area contributed by atoms with E-state index in [1.54, 1.807) is 36.4 Å². The van der Waals surface area contributed by atoms with Crippen molar-refractivity contribution in [2.75, 3.05) is 18.6 Å². The second-order valence-electron chi connectivity index (χ2n) is 7.98. The third kappa shape index (κ3) is 4.18. The standard InChI is InChI=1S/C24H20N2O7S/c1-14-19(22(27)26(23(28)20(14)12-25)17-9-10-34(30,31)13-17)11-18-7-8-21(33-18)15-3-5-16(6-4-15)24(29)32-2/h3-8,11,17H,9-10,13H2,1-2H3. The van der Waals surface area contributed by atoms with Crippen LogP contribution in [0.2, 0.25) is 0 Å². The molecule has 10 heteroatoms. The minimum absolute atomic E-state index is 0.0855. The van der Waals surface area contributed by atoms with Gasteiger partial charge in [0.05, 0.1) is 30.2 Å². The summed E-state index contributed by atoms with van der Waals surface area (Å²) in [4.78, 5) is 38.5. The van der Waals surface area contributed by atoms with Crippen LogP contribution in [-0.4, -0.2) is 55.8 Å². The summed E-state index contributed by atoms with van der Waals surface area (Å²) in [5.74, 6) is -1.56. The molecule has 2 aliphatic heterocycles. The number of benzene rings is 1. The van der Waals surface area contributed by atoms with Gasteiger partial charge < -0.3 is 9.15 Å². The van der Waals surface area contributed by atoms with Crippen molar-refractivity contribution in [1.29, 1.82) is 5.26 Å². The van der Waals surface area contributed by atoms with Crippen LogP contribution in [0.4, 0.5) is 0 Å². The lowest BCUT2D eigenvalue weighted by Crippen LogP contribution is -2.49. The van der Waals surface area contributed by atoms with Gasteiger partial charge in [-0.25, -0.2) is 13.2 Å². The highest BCUT2D eigenvalue weighted by Crippen LogP contribution is 2.32. The molecule has 0 saturated carbocycles. The van der Waals surface area contributed by atoms with E-state index in [1.165, 1.54) is 20.1 Å². The zero-order valence-electron chi connectivity index (χ0n) is 18.4. The van der Waals surface area contributed by atoms with Crippen molar-refractivity contribution in [3.63, 3.8) is 0 Å². The predicted molar refractivity (Wildman–Crippen MR) is 121 cm³/mol. The van der Waals surface area contributed by atoms with Crippen molar-refractivity contribution in [3.8, 4) is 17.4 Å². The number of esters is 1. The highest BCUT2D eigenvalue weighted by Gasteiger charge is 2.43. The van der Waals surface area contributed by atoms with Crippen molar-refractivity contribution >= 4 is 33.7 Å². The molecule has 1 aromatic carbocycles. The Balaban J connectivity index is 1.68. The molecule has 0 N–H and O–H groups in total. The predicted octanol–water partition coefficient (Wildman–Crippen LogP) is 2.51. The van der Waals surface area contributed by atoms with Crippen LogP contribution in [0, 0.1) is 11.3 Å². The van der Waals surface area contributed by atoms with Crippen LogP contribution in [0.1, 0.15) is 29.5 Å². The van der Waals surface area contributed by atoms with Crippen LogP contribution in [0.5, 0.6) is 0 Å². The molecule has 2 aliphatic rings.